The molecule has 3 aromatic rings. The number of hydrogen-bond donors (Lipinski definition) is 0. The Balaban J connectivity index is 2.28. The molecule has 0 aliphatic heterocycles. The van der Waals surface area contributed by atoms with Crippen LogP contribution in [-0.2, 0) is 6.18 Å². The molecule has 0 amide bonds. The van der Waals surface area contributed by atoms with Gasteiger partial charge in [0.25, 0.3) is 0 Å². The van der Waals surface area contributed by atoms with Gasteiger partial charge in [0.1, 0.15) is 10.8 Å². The second kappa shape index (κ2) is 4.45. The Kier molecular flexibility index (Phi) is 2.86. The molecule has 0 aliphatic carbocycles. The van der Waals surface area contributed by atoms with E-state index < -0.39 is 11.9 Å². The summed E-state index contributed by atoms with van der Waals surface area (Å²) in [7, 11) is 0. The first-order valence-corrected chi connectivity index (χ1v) is 5.87. The van der Waals surface area contributed by atoms with Crippen LogP contribution < -0.4 is 0 Å². The first kappa shape index (κ1) is 12.9. The molecule has 0 fully saturated rings. The van der Waals surface area contributed by atoms with Crippen LogP contribution in [0.4, 0.5) is 13.2 Å². The Morgan fingerprint density at radius 3 is 2.65 bits per heavy atom. The molecule has 0 radical (unpaired) electrons. The molecular weight excluding hydrogens is 293 g/mol. The van der Waals surface area contributed by atoms with E-state index in [1.165, 1.54) is 12.4 Å². The molecule has 20 heavy (non-hydrogen) atoms. The van der Waals surface area contributed by atoms with Crippen LogP contribution in [0, 0.1) is 0 Å². The fourth-order valence-electron chi connectivity index (χ4n) is 1.77. The van der Waals surface area contributed by atoms with Crippen LogP contribution in [0.5, 0.6) is 0 Å². The van der Waals surface area contributed by atoms with Crippen molar-refractivity contribution < 1.29 is 13.2 Å². The monoisotopic (exact) mass is 298 g/mol. The van der Waals surface area contributed by atoms with Crippen LogP contribution in [0.3, 0.4) is 0 Å². The van der Waals surface area contributed by atoms with Gasteiger partial charge in [-0.05, 0) is 12.1 Å². The van der Waals surface area contributed by atoms with Gasteiger partial charge in [0.05, 0.1) is 17.5 Å². The molecule has 0 unspecified atom stereocenters. The molecule has 3 aromatic heterocycles. The summed E-state index contributed by atoms with van der Waals surface area (Å²) >= 11 is 5.81. The number of aromatic nitrogens is 4. The van der Waals surface area contributed by atoms with Crippen LogP contribution in [0.25, 0.3) is 16.9 Å². The summed E-state index contributed by atoms with van der Waals surface area (Å²) in [5.74, 6) is 0. The third-order valence-corrected chi connectivity index (χ3v) is 2.93. The fraction of sp³-hybridized carbons (Fsp3) is 0.0833. The summed E-state index contributed by atoms with van der Waals surface area (Å²) in [5.41, 5.74) is -0.180. The maximum Gasteiger partial charge on any atom is 0.433 e. The molecule has 102 valence electrons. The van der Waals surface area contributed by atoms with E-state index in [2.05, 4.69) is 15.1 Å². The number of nitrogens with zero attached hydrogens (tertiary/aromatic N) is 4. The van der Waals surface area contributed by atoms with Crippen molar-refractivity contribution >= 4 is 17.2 Å². The zero-order valence-electron chi connectivity index (χ0n) is 9.76. The number of alkyl halides is 3. The lowest BCUT2D eigenvalue weighted by molar-refractivity contribution is -0.141. The van der Waals surface area contributed by atoms with E-state index in [1.54, 1.807) is 18.2 Å². The Morgan fingerprint density at radius 1 is 1.20 bits per heavy atom. The van der Waals surface area contributed by atoms with Crippen molar-refractivity contribution in [2.24, 2.45) is 0 Å². The zero-order chi connectivity index (χ0) is 14.3. The predicted octanol–water partition coefficient (Wildman–Crippen LogP) is 3.46. The van der Waals surface area contributed by atoms with E-state index in [-0.39, 0.29) is 10.8 Å². The van der Waals surface area contributed by atoms with E-state index in [4.69, 9.17) is 11.6 Å². The largest absolute Gasteiger partial charge is 0.433 e. The average Bonchev–Trinajstić information content (AvgIpc) is 2.83. The summed E-state index contributed by atoms with van der Waals surface area (Å²) in [6.45, 7) is 0. The lowest BCUT2D eigenvalue weighted by atomic mass is 10.2. The van der Waals surface area contributed by atoms with Crippen molar-refractivity contribution in [2.45, 2.75) is 6.18 Å². The first-order chi connectivity index (χ1) is 9.47. The van der Waals surface area contributed by atoms with Crippen molar-refractivity contribution in [1.82, 2.24) is 19.6 Å². The number of rotatable bonds is 1. The Labute approximate surface area is 115 Å². The quantitative estimate of drug-likeness (QED) is 0.646. The maximum absolute atomic E-state index is 12.8. The van der Waals surface area contributed by atoms with Gasteiger partial charge in [-0.2, -0.15) is 18.3 Å². The SMILES string of the molecule is FC(F)(F)c1cc(Cl)n2ncc(-c3ccccn3)c2n1. The summed E-state index contributed by atoms with van der Waals surface area (Å²) < 4.78 is 39.4. The Bertz CT molecular complexity index is 767. The highest BCUT2D eigenvalue weighted by Crippen LogP contribution is 2.31. The van der Waals surface area contributed by atoms with Crippen LogP contribution in [0.2, 0.25) is 5.15 Å². The summed E-state index contributed by atoms with van der Waals surface area (Å²) in [6, 6.07) is 5.83. The van der Waals surface area contributed by atoms with Gasteiger partial charge in [0.2, 0.25) is 0 Å². The zero-order valence-corrected chi connectivity index (χ0v) is 10.5. The molecule has 0 aromatic carbocycles. The normalized spacial score (nSPS) is 12.0. The van der Waals surface area contributed by atoms with Crippen LogP contribution >= 0.6 is 11.6 Å². The van der Waals surface area contributed by atoms with Crippen LogP contribution in [-0.4, -0.2) is 19.6 Å². The molecule has 8 heteroatoms. The van der Waals surface area contributed by atoms with Crippen molar-refractivity contribution in [3.63, 3.8) is 0 Å². The highest BCUT2D eigenvalue weighted by atomic mass is 35.5. The van der Waals surface area contributed by atoms with E-state index in [0.717, 1.165) is 10.6 Å². The lowest BCUT2D eigenvalue weighted by Crippen LogP contribution is -2.10. The van der Waals surface area contributed by atoms with Crippen molar-refractivity contribution in [1.29, 1.82) is 0 Å². The number of fused-ring (bicyclic) bond motifs is 1. The molecule has 0 aliphatic rings. The van der Waals surface area contributed by atoms with Crippen LogP contribution in [0.15, 0.2) is 36.7 Å². The summed E-state index contributed by atoms with van der Waals surface area (Å²) in [5, 5.41) is 3.77. The van der Waals surface area contributed by atoms with Gasteiger partial charge in [0.15, 0.2) is 5.65 Å². The first-order valence-electron chi connectivity index (χ1n) is 5.50. The van der Waals surface area contributed by atoms with Crippen LogP contribution in [0.1, 0.15) is 5.69 Å². The highest BCUT2D eigenvalue weighted by molar-refractivity contribution is 6.29. The standard InChI is InChI=1S/C12H6ClF3N4/c13-10-5-9(12(14,15)16)19-11-7(6-18-20(10)11)8-3-1-2-4-17-8/h1-6H. The van der Waals surface area contributed by atoms with E-state index in [9.17, 15) is 13.2 Å². The third-order valence-electron chi connectivity index (χ3n) is 2.66. The molecule has 0 bridgehead atoms. The van der Waals surface area contributed by atoms with E-state index >= 15 is 0 Å². The minimum Gasteiger partial charge on any atom is -0.256 e. The van der Waals surface area contributed by atoms with Crippen molar-refractivity contribution in [3.8, 4) is 11.3 Å². The molecule has 0 saturated heterocycles. The number of hydrogen-bond acceptors (Lipinski definition) is 3. The van der Waals surface area contributed by atoms with Gasteiger partial charge in [-0.15, -0.1) is 0 Å². The molecule has 3 heterocycles. The van der Waals surface area contributed by atoms with E-state index in [1.807, 2.05) is 0 Å². The highest BCUT2D eigenvalue weighted by Gasteiger charge is 2.34. The maximum atomic E-state index is 12.8. The van der Waals surface area contributed by atoms with Gasteiger partial charge < -0.3 is 0 Å². The Morgan fingerprint density at radius 2 is 2.00 bits per heavy atom. The summed E-state index contributed by atoms with van der Waals surface area (Å²) in [6.07, 6.45) is -1.65. The minimum absolute atomic E-state index is 0.0172. The number of halogens is 4. The molecule has 0 saturated carbocycles. The predicted molar refractivity (Wildman–Crippen MR) is 66.2 cm³/mol. The van der Waals surface area contributed by atoms with Crippen molar-refractivity contribution in [3.05, 3.63) is 47.5 Å². The average molecular weight is 299 g/mol. The van der Waals surface area contributed by atoms with Gasteiger partial charge >= 0.3 is 6.18 Å². The molecule has 0 atom stereocenters. The second-order valence-corrected chi connectivity index (χ2v) is 4.36. The second-order valence-electron chi connectivity index (χ2n) is 3.97. The lowest BCUT2D eigenvalue weighted by Gasteiger charge is -2.07. The molecular formula is C12H6ClF3N4. The van der Waals surface area contributed by atoms with Gasteiger partial charge in [-0.3, -0.25) is 4.98 Å². The van der Waals surface area contributed by atoms with Gasteiger partial charge in [-0.1, -0.05) is 17.7 Å². The minimum atomic E-state index is -4.57. The van der Waals surface area contributed by atoms with E-state index in [0.29, 0.717) is 11.3 Å². The smallest absolute Gasteiger partial charge is 0.256 e. The molecule has 0 spiro atoms. The number of pyridine rings is 1. The van der Waals surface area contributed by atoms with Gasteiger partial charge in [0, 0.05) is 12.3 Å². The van der Waals surface area contributed by atoms with Crippen molar-refractivity contribution in [2.75, 3.05) is 0 Å². The third kappa shape index (κ3) is 2.09. The summed E-state index contributed by atoms with van der Waals surface area (Å²) in [4.78, 5) is 7.67. The molecule has 3 rings (SSSR count). The van der Waals surface area contributed by atoms with Gasteiger partial charge in [-0.25, -0.2) is 9.50 Å². The molecule has 4 nitrogen and oxygen atoms in total. The Hall–Kier alpha value is -2.15. The topological polar surface area (TPSA) is 43.1 Å². The molecule has 0 N–H and O–H groups in total. The fourth-order valence-corrected chi connectivity index (χ4v) is 2.00.